The minimum absolute atomic E-state index is 0.0730. The topological polar surface area (TPSA) is 52.6 Å². The van der Waals surface area contributed by atoms with Crippen molar-refractivity contribution in [2.75, 3.05) is 6.61 Å². The lowest BCUT2D eigenvalue weighted by Gasteiger charge is -2.36. The lowest BCUT2D eigenvalue weighted by atomic mass is 10.1. The summed E-state index contributed by atoms with van der Waals surface area (Å²) in [4.78, 5) is 24.0. The zero-order valence-corrected chi connectivity index (χ0v) is 16.0. The fraction of sp³-hybridized carbons (Fsp3) is 0.556. The van der Waals surface area contributed by atoms with Gasteiger partial charge in [0.2, 0.25) is 5.78 Å². The lowest BCUT2D eigenvalue weighted by molar-refractivity contribution is -0.156. The minimum Gasteiger partial charge on any atom is -0.455 e. The number of rotatable bonds is 7. The van der Waals surface area contributed by atoms with Crippen molar-refractivity contribution in [2.24, 2.45) is 5.92 Å². The zero-order chi connectivity index (χ0) is 17.7. The third kappa shape index (κ3) is 5.92. The third-order valence-corrected chi connectivity index (χ3v) is 8.86. The summed E-state index contributed by atoms with van der Waals surface area (Å²) in [7, 11) is -1.92. The van der Waals surface area contributed by atoms with Crippen molar-refractivity contribution in [2.45, 2.75) is 52.4 Å². The van der Waals surface area contributed by atoms with Crippen molar-refractivity contribution in [1.82, 2.24) is 0 Å². The van der Waals surface area contributed by atoms with E-state index in [9.17, 15) is 9.59 Å². The second-order valence-electron chi connectivity index (χ2n) is 7.40. The highest BCUT2D eigenvalue weighted by molar-refractivity contribution is 6.74. The van der Waals surface area contributed by atoms with Crippen LogP contribution in [0.5, 0.6) is 0 Å². The van der Waals surface area contributed by atoms with Gasteiger partial charge in [-0.2, -0.15) is 0 Å². The van der Waals surface area contributed by atoms with E-state index < -0.39 is 26.0 Å². The number of hydrogen-bond donors (Lipinski definition) is 0. The summed E-state index contributed by atoms with van der Waals surface area (Å²) in [6.45, 7) is 12.7. The first-order chi connectivity index (χ1) is 10.5. The van der Waals surface area contributed by atoms with Gasteiger partial charge in [-0.15, -0.1) is 0 Å². The molecule has 0 aliphatic rings. The lowest BCUT2D eigenvalue weighted by Crippen LogP contribution is -2.42. The second kappa shape index (κ2) is 7.88. The van der Waals surface area contributed by atoms with Crippen molar-refractivity contribution in [3.8, 4) is 0 Å². The van der Waals surface area contributed by atoms with E-state index in [-0.39, 0.29) is 18.3 Å². The molecule has 0 aromatic heterocycles. The maximum absolute atomic E-state index is 12.1. The Morgan fingerprint density at radius 3 is 2.22 bits per heavy atom. The van der Waals surface area contributed by atoms with E-state index in [1.54, 1.807) is 6.92 Å². The molecule has 0 heterocycles. The summed E-state index contributed by atoms with van der Waals surface area (Å²) in [5.74, 6) is -1.81. The summed E-state index contributed by atoms with van der Waals surface area (Å²) in [6.07, 6.45) is 0. The largest absolute Gasteiger partial charge is 0.455 e. The van der Waals surface area contributed by atoms with E-state index in [0.717, 1.165) is 5.56 Å². The molecule has 0 N–H and O–H groups in total. The molecule has 5 heteroatoms. The number of carbonyl (C=O) groups is 2. The van der Waals surface area contributed by atoms with Gasteiger partial charge in [0.25, 0.3) is 0 Å². The molecule has 4 nitrogen and oxygen atoms in total. The molecule has 0 saturated carbocycles. The number of carbonyl (C=O) groups excluding carboxylic acids is 2. The normalized spacial score (nSPS) is 13.5. The average Bonchev–Trinajstić information content (AvgIpc) is 2.49. The molecule has 0 fully saturated rings. The Morgan fingerprint density at radius 1 is 1.13 bits per heavy atom. The number of hydrogen-bond acceptors (Lipinski definition) is 4. The highest BCUT2D eigenvalue weighted by Crippen LogP contribution is 2.36. The van der Waals surface area contributed by atoms with Crippen LogP contribution in [-0.2, 0) is 25.4 Å². The van der Waals surface area contributed by atoms with Crippen molar-refractivity contribution in [3.63, 3.8) is 0 Å². The Kier molecular flexibility index (Phi) is 6.71. The van der Waals surface area contributed by atoms with Crippen molar-refractivity contribution >= 4 is 20.1 Å². The first-order valence-electron chi connectivity index (χ1n) is 7.93. The van der Waals surface area contributed by atoms with Crippen LogP contribution in [0, 0.1) is 5.92 Å². The van der Waals surface area contributed by atoms with Gasteiger partial charge in [-0.1, -0.05) is 58.0 Å². The molecule has 1 rings (SSSR count). The van der Waals surface area contributed by atoms with Crippen molar-refractivity contribution in [3.05, 3.63) is 35.9 Å². The maximum Gasteiger partial charge on any atom is 0.375 e. The smallest absolute Gasteiger partial charge is 0.375 e. The number of Topliss-reactive ketones (excluding diaryl/α,β-unsaturated/α-hetero) is 1. The fourth-order valence-corrected chi connectivity index (χ4v) is 2.72. The summed E-state index contributed by atoms with van der Waals surface area (Å²) in [6, 6.07) is 9.31. The predicted molar refractivity (Wildman–Crippen MR) is 93.6 cm³/mol. The maximum atomic E-state index is 12.1. The van der Waals surface area contributed by atoms with Gasteiger partial charge in [-0.3, -0.25) is 4.79 Å². The van der Waals surface area contributed by atoms with Gasteiger partial charge >= 0.3 is 5.97 Å². The predicted octanol–water partition coefficient (Wildman–Crippen LogP) is 3.96. The highest BCUT2D eigenvalue weighted by Gasteiger charge is 2.38. The third-order valence-electron chi connectivity index (χ3n) is 4.36. The van der Waals surface area contributed by atoms with Crippen LogP contribution < -0.4 is 0 Å². The van der Waals surface area contributed by atoms with Crippen molar-refractivity contribution < 1.29 is 18.8 Å². The van der Waals surface area contributed by atoms with E-state index in [1.807, 2.05) is 30.3 Å². The summed E-state index contributed by atoms with van der Waals surface area (Å²) < 4.78 is 11.1. The van der Waals surface area contributed by atoms with Crippen LogP contribution in [0.4, 0.5) is 0 Å². The molecule has 0 unspecified atom stereocenters. The van der Waals surface area contributed by atoms with Gasteiger partial charge in [0, 0.05) is 12.5 Å². The van der Waals surface area contributed by atoms with Gasteiger partial charge in [0.1, 0.15) is 6.61 Å². The van der Waals surface area contributed by atoms with E-state index in [1.165, 1.54) is 0 Å². The fourth-order valence-electron chi connectivity index (χ4n) is 1.62. The molecule has 1 atom stereocenters. The molecule has 0 aliphatic carbocycles. The summed E-state index contributed by atoms with van der Waals surface area (Å²) >= 11 is 0. The molecule has 0 bridgehead atoms. The van der Waals surface area contributed by atoms with Gasteiger partial charge in [0.05, 0.1) is 0 Å². The molecular weight excluding hydrogens is 308 g/mol. The number of ketones is 1. The molecule has 128 valence electrons. The van der Waals surface area contributed by atoms with Gasteiger partial charge < -0.3 is 9.16 Å². The molecule has 23 heavy (non-hydrogen) atoms. The molecule has 1 aromatic rings. The van der Waals surface area contributed by atoms with E-state index in [0.29, 0.717) is 0 Å². The Labute approximate surface area is 140 Å². The van der Waals surface area contributed by atoms with Crippen molar-refractivity contribution in [1.29, 1.82) is 0 Å². The average molecular weight is 337 g/mol. The van der Waals surface area contributed by atoms with Crippen LogP contribution in [0.3, 0.4) is 0 Å². The Hall–Kier alpha value is -1.46. The van der Waals surface area contributed by atoms with Gasteiger partial charge in [-0.25, -0.2) is 4.79 Å². The number of ether oxygens (including phenoxy) is 1. The van der Waals surface area contributed by atoms with Crippen LogP contribution in [0.1, 0.15) is 33.3 Å². The second-order valence-corrected chi connectivity index (χ2v) is 12.2. The van der Waals surface area contributed by atoms with Gasteiger partial charge in [0.15, 0.2) is 8.32 Å². The Morgan fingerprint density at radius 2 is 1.70 bits per heavy atom. The molecule has 0 aliphatic heterocycles. The van der Waals surface area contributed by atoms with Gasteiger partial charge in [-0.05, 0) is 23.7 Å². The van der Waals surface area contributed by atoms with E-state index in [4.69, 9.17) is 9.16 Å². The van der Waals surface area contributed by atoms with E-state index in [2.05, 4.69) is 33.9 Å². The molecular formula is C18H28O4Si. The zero-order valence-electron chi connectivity index (χ0n) is 15.0. The molecule has 0 saturated heterocycles. The summed E-state index contributed by atoms with van der Waals surface area (Å²) in [5, 5.41) is 0.0730. The van der Waals surface area contributed by atoms with Crippen LogP contribution in [0.15, 0.2) is 30.3 Å². The summed E-state index contributed by atoms with van der Waals surface area (Å²) in [5.41, 5.74) is 0.860. The minimum atomic E-state index is -1.92. The molecule has 0 radical (unpaired) electrons. The number of esters is 1. The van der Waals surface area contributed by atoms with Crippen LogP contribution in [0.25, 0.3) is 0 Å². The first kappa shape index (κ1) is 19.6. The van der Waals surface area contributed by atoms with Crippen LogP contribution in [-0.4, -0.2) is 26.7 Å². The Bertz CT molecular complexity index is 532. The van der Waals surface area contributed by atoms with Crippen LogP contribution >= 0.6 is 0 Å². The van der Waals surface area contributed by atoms with E-state index >= 15 is 0 Å². The monoisotopic (exact) mass is 336 g/mol. The SMILES string of the molecule is C[C@H](CO[Si](C)(C)C(C)(C)C)C(=O)C(=O)OCc1ccccc1. The number of benzene rings is 1. The first-order valence-corrected chi connectivity index (χ1v) is 10.8. The molecule has 0 spiro atoms. The quantitative estimate of drug-likeness (QED) is 0.430. The standard InChI is InChI=1S/C18H28O4Si/c1-14(12-22-23(5,6)18(2,3)4)16(19)17(20)21-13-15-10-8-7-9-11-15/h7-11,14H,12-13H2,1-6H3/t14-/m1/s1. The molecule has 1 aromatic carbocycles. The van der Waals surface area contributed by atoms with Crippen LogP contribution in [0.2, 0.25) is 18.1 Å². The highest BCUT2D eigenvalue weighted by atomic mass is 28.4. The Balaban J connectivity index is 2.48. The molecule has 0 amide bonds.